The zero-order valence-electron chi connectivity index (χ0n) is 7.74. The number of hydrogen-bond donors (Lipinski definition) is 2. The molecular formula is C8H14O5. The van der Waals surface area contributed by atoms with E-state index in [0.717, 1.165) is 0 Å². The number of aliphatic carboxylic acids is 2. The minimum Gasteiger partial charge on any atom is -0.481 e. The first kappa shape index (κ1) is 14.2. The minimum absolute atomic E-state index is 0.148. The number of carboxylic acids is 2. The lowest BCUT2D eigenvalue weighted by atomic mass is 10.2. The molecule has 0 heterocycles. The van der Waals surface area contributed by atoms with Crippen molar-refractivity contribution >= 4 is 17.7 Å². The van der Waals surface area contributed by atoms with Crippen LogP contribution in [0.25, 0.3) is 0 Å². The van der Waals surface area contributed by atoms with Crippen LogP contribution >= 0.6 is 0 Å². The molecule has 13 heavy (non-hydrogen) atoms. The van der Waals surface area contributed by atoms with Gasteiger partial charge >= 0.3 is 11.9 Å². The van der Waals surface area contributed by atoms with Crippen LogP contribution in [0.15, 0.2) is 0 Å². The van der Waals surface area contributed by atoms with Crippen molar-refractivity contribution in [2.45, 2.75) is 33.1 Å². The highest BCUT2D eigenvalue weighted by atomic mass is 16.4. The second kappa shape index (κ2) is 8.70. The first-order chi connectivity index (χ1) is 5.95. The summed E-state index contributed by atoms with van der Waals surface area (Å²) in [4.78, 5) is 29.3. The summed E-state index contributed by atoms with van der Waals surface area (Å²) in [5.41, 5.74) is 0. The van der Waals surface area contributed by atoms with Crippen molar-refractivity contribution in [1.82, 2.24) is 0 Å². The van der Waals surface area contributed by atoms with Crippen molar-refractivity contribution in [3.63, 3.8) is 0 Å². The zero-order valence-corrected chi connectivity index (χ0v) is 7.74. The Morgan fingerprint density at radius 3 is 1.54 bits per heavy atom. The summed E-state index contributed by atoms with van der Waals surface area (Å²) in [6.07, 6.45) is 0.973. The first-order valence-electron chi connectivity index (χ1n) is 3.93. The minimum atomic E-state index is -1.33. The number of Topliss-reactive ketones (excluding diaryl/α,β-unsaturated/α-hetero) is 1. The first-order valence-corrected chi connectivity index (χ1v) is 3.93. The standard InChI is InChI=1S/C5H8O3.C3H6O2/c1-2-3-4(6)5(7)8;1-2-3(4)5/h2-3H2,1H3,(H,7,8);2H2,1H3,(H,4,5). The van der Waals surface area contributed by atoms with E-state index < -0.39 is 17.7 Å². The van der Waals surface area contributed by atoms with Crippen LogP contribution in [0.1, 0.15) is 33.1 Å². The van der Waals surface area contributed by atoms with Crippen molar-refractivity contribution in [3.05, 3.63) is 0 Å². The van der Waals surface area contributed by atoms with Crippen molar-refractivity contribution in [2.24, 2.45) is 0 Å². The fraction of sp³-hybridized carbons (Fsp3) is 0.625. The molecule has 0 unspecified atom stereocenters. The van der Waals surface area contributed by atoms with Gasteiger partial charge in [-0.25, -0.2) is 4.79 Å². The van der Waals surface area contributed by atoms with Gasteiger partial charge in [-0.1, -0.05) is 13.8 Å². The maximum Gasteiger partial charge on any atom is 0.372 e. The Kier molecular flexibility index (Phi) is 9.48. The van der Waals surface area contributed by atoms with E-state index in [1.807, 2.05) is 0 Å². The van der Waals surface area contributed by atoms with Crippen LogP contribution in [0.2, 0.25) is 0 Å². The van der Waals surface area contributed by atoms with E-state index in [1.54, 1.807) is 13.8 Å². The van der Waals surface area contributed by atoms with Gasteiger partial charge in [-0.05, 0) is 6.42 Å². The van der Waals surface area contributed by atoms with Gasteiger partial charge in [0.25, 0.3) is 0 Å². The van der Waals surface area contributed by atoms with Gasteiger partial charge < -0.3 is 10.2 Å². The van der Waals surface area contributed by atoms with Gasteiger partial charge in [-0.15, -0.1) is 0 Å². The molecule has 0 atom stereocenters. The average molecular weight is 190 g/mol. The molecule has 0 rings (SSSR count). The van der Waals surface area contributed by atoms with Gasteiger partial charge in [0.1, 0.15) is 0 Å². The monoisotopic (exact) mass is 190 g/mol. The molecule has 0 spiro atoms. The predicted molar refractivity (Wildman–Crippen MR) is 45.5 cm³/mol. The van der Waals surface area contributed by atoms with Crippen molar-refractivity contribution in [3.8, 4) is 0 Å². The SMILES string of the molecule is CCC(=O)O.CCCC(=O)C(=O)O. The smallest absolute Gasteiger partial charge is 0.372 e. The molecule has 0 aromatic heterocycles. The number of carboxylic acid groups (broad SMARTS) is 2. The van der Waals surface area contributed by atoms with Crippen LogP contribution in [0.3, 0.4) is 0 Å². The summed E-state index contributed by atoms with van der Waals surface area (Å²) >= 11 is 0. The van der Waals surface area contributed by atoms with Crippen LogP contribution in [-0.4, -0.2) is 27.9 Å². The third-order valence-electron chi connectivity index (χ3n) is 1.02. The van der Waals surface area contributed by atoms with Gasteiger partial charge in [0, 0.05) is 12.8 Å². The second-order valence-corrected chi connectivity index (χ2v) is 2.23. The topological polar surface area (TPSA) is 91.7 Å². The molecule has 2 N–H and O–H groups in total. The van der Waals surface area contributed by atoms with E-state index in [1.165, 1.54) is 0 Å². The van der Waals surface area contributed by atoms with Gasteiger partial charge in [-0.3, -0.25) is 9.59 Å². The van der Waals surface area contributed by atoms with Gasteiger partial charge in [0.05, 0.1) is 0 Å². The van der Waals surface area contributed by atoms with Crippen LogP contribution in [0.5, 0.6) is 0 Å². The molecule has 0 aromatic rings. The van der Waals surface area contributed by atoms with E-state index in [4.69, 9.17) is 10.2 Å². The highest BCUT2D eigenvalue weighted by Crippen LogP contribution is 1.87. The molecule has 0 aromatic carbocycles. The third-order valence-corrected chi connectivity index (χ3v) is 1.02. The maximum absolute atomic E-state index is 10.1. The largest absolute Gasteiger partial charge is 0.481 e. The molecule has 0 aliphatic heterocycles. The Morgan fingerprint density at radius 2 is 1.46 bits per heavy atom. The van der Waals surface area contributed by atoms with Crippen LogP contribution in [0, 0.1) is 0 Å². The third kappa shape index (κ3) is 13.6. The zero-order chi connectivity index (χ0) is 10.9. The fourth-order valence-corrected chi connectivity index (χ4v) is 0.334. The lowest BCUT2D eigenvalue weighted by molar-refractivity contribution is -0.149. The molecular weight excluding hydrogens is 176 g/mol. The molecule has 0 radical (unpaired) electrons. The summed E-state index contributed by atoms with van der Waals surface area (Å²) in [7, 11) is 0. The molecule has 0 saturated carbocycles. The average Bonchev–Trinajstić information content (AvgIpc) is 2.06. The molecule has 5 heteroatoms. The van der Waals surface area contributed by atoms with Crippen molar-refractivity contribution in [2.75, 3.05) is 0 Å². The molecule has 5 nitrogen and oxygen atoms in total. The summed E-state index contributed by atoms with van der Waals surface area (Å²) in [6, 6.07) is 0. The van der Waals surface area contributed by atoms with Crippen LogP contribution < -0.4 is 0 Å². The lowest BCUT2D eigenvalue weighted by Crippen LogP contribution is -2.10. The van der Waals surface area contributed by atoms with Crippen LogP contribution in [0.4, 0.5) is 0 Å². The summed E-state index contributed by atoms with van der Waals surface area (Å²) < 4.78 is 0. The molecule has 0 aliphatic rings. The number of hydrogen-bond acceptors (Lipinski definition) is 3. The maximum atomic E-state index is 10.1. The molecule has 0 bridgehead atoms. The van der Waals surface area contributed by atoms with Gasteiger partial charge in [0.2, 0.25) is 5.78 Å². The summed E-state index contributed by atoms with van der Waals surface area (Å²) in [5.74, 6) is -2.77. The van der Waals surface area contributed by atoms with E-state index in [9.17, 15) is 14.4 Å². The Labute approximate surface area is 76.4 Å². The van der Waals surface area contributed by atoms with Crippen molar-refractivity contribution < 1.29 is 24.6 Å². The molecule has 0 fully saturated rings. The Bertz CT molecular complexity index is 185. The molecule has 76 valence electrons. The Hall–Kier alpha value is -1.39. The summed E-state index contributed by atoms with van der Waals surface area (Å²) in [5, 5.41) is 15.7. The highest BCUT2D eigenvalue weighted by Gasteiger charge is 2.07. The Morgan fingerprint density at radius 1 is 1.08 bits per heavy atom. The van der Waals surface area contributed by atoms with E-state index >= 15 is 0 Å². The molecule has 0 saturated heterocycles. The second-order valence-electron chi connectivity index (χ2n) is 2.23. The molecule has 0 amide bonds. The summed E-state index contributed by atoms with van der Waals surface area (Å²) in [6.45, 7) is 3.36. The van der Waals surface area contributed by atoms with Crippen molar-refractivity contribution in [1.29, 1.82) is 0 Å². The number of carbonyl (C=O) groups excluding carboxylic acids is 1. The van der Waals surface area contributed by atoms with Gasteiger partial charge in [-0.2, -0.15) is 0 Å². The van der Waals surface area contributed by atoms with E-state index in [-0.39, 0.29) is 12.8 Å². The van der Waals surface area contributed by atoms with Gasteiger partial charge in [0.15, 0.2) is 0 Å². The highest BCUT2D eigenvalue weighted by molar-refractivity contribution is 6.32. The lowest BCUT2D eigenvalue weighted by Gasteiger charge is -1.85. The predicted octanol–water partition coefficient (Wildman–Crippen LogP) is 0.921. The number of carbonyl (C=O) groups is 3. The number of ketones is 1. The normalized spacial score (nSPS) is 8.15. The van der Waals surface area contributed by atoms with Crippen LogP contribution in [-0.2, 0) is 14.4 Å². The molecule has 0 aliphatic carbocycles. The number of rotatable bonds is 4. The van der Waals surface area contributed by atoms with E-state index in [2.05, 4.69) is 0 Å². The Balaban J connectivity index is 0. The fourth-order valence-electron chi connectivity index (χ4n) is 0.334. The quantitative estimate of drug-likeness (QED) is 0.643. The van der Waals surface area contributed by atoms with E-state index in [0.29, 0.717) is 6.42 Å².